The summed E-state index contributed by atoms with van der Waals surface area (Å²) in [5, 5.41) is 0.303. The Labute approximate surface area is 101 Å². The van der Waals surface area contributed by atoms with E-state index in [1.807, 2.05) is 22.9 Å². The first-order valence-electron chi connectivity index (χ1n) is 3.80. The fourth-order valence-electron chi connectivity index (χ4n) is 0.927. The van der Waals surface area contributed by atoms with Gasteiger partial charge in [0, 0.05) is 19.7 Å². The van der Waals surface area contributed by atoms with Crippen molar-refractivity contribution in [1.29, 1.82) is 0 Å². The van der Waals surface area contributed by atoms with Gasteiger partial charge in [0.1, 0.15) is 11.0 Å². The quantitative estimate of drug-likeness (QED) is 0.515. The maximum Gasteiger partial charge on any atom is 0.253 e. The van der Waals surface area contributed by atoms with Gasteiger partial charge in [-0.05, 0) is 12.1 Å². The molecule has 4 nitrogen and oxygen atoms in total. The normalized spacial score (nSPS) is 9.71. The Balaban J connectivity index is 3.09. The van der Waals surface area contributed by atoms with Crippen molar-refractivity contribution in [3.05, 3.63) is 22.8 Å². The molecule has 0 aromatic carbocycles. The maximum atomic E-state index is 11.6. The summed E-state index contributed by atoms with van der Waals surface area (Å²) in [5.74, 6) is 0.477. The number of nitrogens with one attached hydrogen (secondary N) is 1. The predicted octanol–water partition coefficient (Wildman–Crippen LogP) is 2.20. The van der Waals surface area contributed by atoms with E-state index in [9.17, 15) is 4.79 Å². The summed E-state index contributed by atoms with van der Waals surface area (Å²) < 4.78 is 2.81. The zero-order valence-electron chi connectivity index (χ0n) is 7.71. The van der Waals surface area contributed by atoms with Gasteiger partial charge >= 0.3 is 0 Å². The molecule has 0 radical (unpaired) electrons. The number of amides is 1. The molecule has 1 aromatic rings. The van der Waals surface area contributed by atoms with E-state index < -0.39 is 0 Å². The second-order valence-electron chi connectivity index (χ2n) is 2.86. The van der Waals surface area contributed by atoms with E-state index in [4.69, 9.17) is 11.6 Å². The van der Waals surface area contributed by atoms with Crippen LogP contribution in [-0.2, 0) is 0 Å². The summed E-state index contributed by atoms with van der Waals surface area (Å²) >= 11 is 7.68. The molecule has 76 valence electrons. The van der Waals surface area contributed by atoms with Gasteiger partial charge in [0.2, 0.25) is 0 Å². The summed E-state index contributed by atoms with van der Waals surface area (Å²) in [6, 6.07) is 3.20. The Kier molecular flexibility index (Phi) is 3.94. The fourth-order valence-corrected chi connectivity index (χ4v) is 1.41. The van der Waals surface area contributed by atoms with Gasteiger partial charge in [-0.1, -0.05) is 11.6 Å². The van der Waals surface area contributed by atoms with E-state index in [1.165, 1.54) is 4.90 Å². The van der Waals surface area contributed by atoms with Crippen LogP contribution in [0.2, 0.25) is 5.15 Å². The van der Waals surface area contributed by atoms with E-state index in [1.54, 1.807) is 26.2 Å². The van der Waals surface area contributed by atoms with Crippen LogP contribution >= 0.6 is 34.5 Å². The first-order chi connectivity index (χ1) is 6.54. The molecule has 1 heterocycles. The third kappa shape index (κ3) is 2.71. The lowest BCUT2D eigenvalue weighted by Gasteiger charge is -2.10. The highest BCUT2D eigenvalue weighted by Gasteiger charge is 2.10. The van der Waals surface area contributed by atoms with Gasteiger partial charge in [-0.3, -0.25) is 4.79 Å². The first-order valence-corrected chi connectivity index (χ1v) is 5.26. The Morgan fingerprint density at radius 1 is 1.57 bits per heavy atom. The zero-order valence-corrected chi connectivity index (χ0v) is 10.6. The van der Waals surface area contributed by atoms with Gasteiger partial charge in [0.15, 0.2) is 0 Å². The molecule has 0 saturated carbocycles. The van der Waals surface area contributed by atoms with E-state index in [0.29, 0.717) is 16.5 Å². The Morgan fingerprint density at radius 3 is 2.71 bits per heavy atom. The minimum absolute atomic E-state index is 0.0952. The standard InChI is InChI=1S/C8H9ClIN3O/c1-13(2)8(14)5-3-6(9)11-7(4-5)12-10/h3-4H,1-2H3,(H,11,12). The molecule has 0 spiro atoms. The molecule has 0 aliphatic heterocycles. The number of carbonyl (C=O) groups is 1. The number of hydrogen-bond acceptors (Lipinski definition) is 3. The molecule has 6 heteroatoms. The van der Waals surface area contributed by atoms with Crippen LogP contribution in [0.15, 0.2) is 12.1 Å². The lowest BCUT2D eigenvalue weighted by atomic mass is 10.2. The molecule has 0 bridgehead atoms. The van der Waals surface area contributed by atoms with Crippen molar-refractivity contribution >= 4 is 46.2 Å². The maximum absolute atomic E-state index is 11.6. The highest BCUT2D eigenvalue weighted by atomic mass is 127. The molecular formula is C8H9ClIN3O. The third-order valence-corrected chi connectivity index (χ3v) is 2.29. The number of carbonyl (C=O) groups excluding carboxylic acids is 1. The smallest absolute Gasteiger partial charge is 0.253 e. The summed E-state index contributed by atoms with van der Waals surface area (Å²) in [6.45, 7) is 0. The molecule has 0 saturated heterocycles. The summed E-state index contributed by atoms with van der Waals surface area (Å²) in [6.07, 6.45) is 0. The molecule has 0 fully saturated rings. The van der Waals surface area contributed by atoms with Crippen LogP contribution in [0.5, 0.6) is 0 Å². The number of anilines is 1. The number of pyridine rings is 1. The lowest BCUT2D eigenvalue weighted by molar-refractivity contribution is 0.0827. The molecule has 1 rings (SSSR count). The molecule has 1 amide bonds. The Hall–Kier alpha value is -0.560. The average molecular weight is 326 g/mol. The summed E-state index contributed by atoms with van der Waals surface area (Å²) in [4.78, 5) is 17.0. The highest BCUT2D eigenvalue weighted by Crippen LogP contribution is 2.16. The van der Waals surface area contributed by atoms with Crippen LogP contribution in [0.3, 0.4) is 0 Å². The topological polar surface area (TPSA) is 45.2 Å². The lowest BCUT2D eigenvalue weighted by Crippen LogP contribution is -2.21. The second kappa shape index (κ2) is 4.79. The summed E-state index contributed by atoms with van der Waals surface area (Å²) in [5.41, 5.74) is 0.522. The van der Waals surface area contributed by atoms with Gasteiger partial charge in [-0.2, -0.15) is 0 Å². The van der Waals surface area contributed by atoms with Crippen LogP contribution in [0.25, 0.3) is 0 Å². The van der Waals surface area contributed by atoms with Crippen molar-refractivity contribution in [3.63, 3.8) is 0 Å². The van der Waals surface area contributed by atoms with Gasteiger partial charge in [0.25, 0.3) is 5.91 Å². The molecule has 0 aliphatic carbocycles. The zero-order chi connectivity index (χ0) is 10.7. The molecule has 14 heavy (non-hydrogen) atoms. The van der Waals surface area contributed by atoms with Crippen molar-refractivity contribution in [2.24, 2.45) is 0 Å². The van der Waals surface area contributed by atoms with Gasteiger partial charge in [0.05, 0.1) is 22.9 Å². The van der Waals surface area contributed by atoms with E-state index >= 15 is 0 Å². The van der Waals surface area contributed by atoms with Gasteiger partial charge < -0.3 is 8.43 Å². The highest BCUT2D eigenvalue weighted by molar-refractivity contribution is 14.1. The number of aromatic nitrogens is 1. The minimum atomic E-state index is -0.0952. The number of nitrogens with zero attached hydrogens (tertiary/aromatic N) is 2. The van der Waals surface area contributed by atoms with Crippen LogP contribution in [0.1, 0.15) is 10.4 Å². The van der Waals surface area contributed by atoms with Gasteiger partial charge in [-0.15, -0.1) is 0 Å². The van der Waals surface area contributed by atoms with E-state index in [2.05, 4.69) is 8.51 Å². The van der Waals surface area contributed by atoms with E-state index in [0.717, 1.165) is 0 Å². The fraction of sp³-hybridized carbons (Fsp3) is 0.250. The van der Waals surface area contributed by atoms with Crippen molar-refractivity contribution in [2.45, 2.75) is 0 Å². The summed E-state index contributed by atoms with van der Waals surface area (Å²) in [7, 11) is 3.38. The molecular weight excluding hydrogens is 316 g/mol. The van der Waals surface area contributed by atoms with E-state index in [-0.39, 0.29) is 5.91 Å². The molecule has 0 atom stereocenters. The first kappa shape index (κ1) is 11.5. The monoisotopic (exact) mass is 325 g/mol. The van der Waals surface area contributed by atoms with Crippen molar-refractivity contribution in [3.8, 4) is 0 Å². The Morgan fingerprint density at radius 2 is 2.21 bits per heavy atom. The Bertz CT molecular complexity index is 356. The van der Waals surface area contributed by atoms with Crippen molar-refractivity contribution < 1.29 is 4.79 Å². The van der Waals surface area contributed by atoms with Crippen LogP contribution in [0.4, 0.5) is 5.82 Å². The van der Waals surface area contributed by atoms with Crippen LogP contribution in [0, 0.1) is 0 Å². The molecule has 0 unspecified atom stereocenters. The van der Waals surface area contributed by atoms with Gasteiger partial charge in [-0.25, -0.2) is 4.98 Å². The second-order valence-corrected chi connectivity index (χ2v) is 3.78. The average Bonchev–Trinajstić information content (AvgIpc) is 2.15. The molecule has 0 aliphatic rings. The number of hydrogen-bond donors (Lipinski definition) is 1. The molecule has 1 aromatic heterocycles. The molecule has 1 N–H and O–H groups in total. The minimum Gasteiger partial charge on any atom is -0.345 e. The largest absolute Gasteiger partial charge is 0.345 e. The SMILES string of the molecule is CN(C)C(=O)c1cc(Cl)nc(NI)c1. The number of rotatable bonds is 2. The van der Waals surface area contributed by atoms with Crippen molar-refractivity contribution in [2.75, 3.05) is 17.6 Å². The van der Waals surface area contributed by atoms with Crippen molar-refractivity contribution in [1.82, 2.24) is 9.88 Å². The van der Waals surface area contributed by atoms with Crippen LogP contribution < -0.4 is 3.53 Å². The third-order valence-electron chi connectivity index (χ3n) is 1.54. The van der Waals surface area contributed by atoms with Crippen LogP contribution in [-0.4, -0.2) is 29.9 Å². The number of halogens is 2. The predicted molar refractivity (Wildman–Crippen MR) is 64.9 cm³/mol.